The number of sulfonamides is 1. The Bertz CT molecular complexity index is 945. The van der Waals surface area contributed by atoms with Gasteiger partial charge in [-0.25, -0.2) is 8.42 Å². The molecule has 1 fully saturated rings. The highest BCUT2D eigenvalue weighted by atomic mass is 35.5. The molecule has 0 saturated carbocycles. The molecule has 0 amide bonds. The molecule has 0 spiro atoms. The molecule has 0 bridgehead atoms. The van der Waals surface area contributed by atoms with Crippen molar-refractivity contribution in [2.45, 2.75) is 11.4 Å². The first-order valence-corrected chi connectivity index (χ1v) is 10.9. The van der Waals surface area contributed by atoms with Crippen LogP contribution in [0.5, 0.6) is 11.5 Å². The van der Waals surface area contributed by atoms with Crippen LogP contribution in [0.4, 0.5) is 0 Å². The molecular weight excluding hydrogens is 423 g/mol. The summed E-state index contributed by atoms with van der Waals surface area (Å²) < 4.78 is 38.0. The zero-order chi connectivity index (χ0) is 20.3. The summed E-state index contributed by atoms with van der Waals surface area (Å²) in [5.41, 5.74) is 1.04. The summed E-state index contributed by atoms with van der Waals surface area (Å²) in [5.74, 6) is 0.819. The SMILES string of the molecule is COc1ccc(S(=O)(=O)N2CCN(Cc3ccc(Cl)c(Cl)c3)CC2)c(OC)c1. The Labute approximate surface area is 175 Å². The van der Waals surface area contributed by atoms with Crippen molar-refractivity contribution in [2.24, 2.45) is 0 Å². The number of hydrogen-bond donors (Lipinski definition) is 0. The van der Waals surface area contributed by atoms with Crippen LogP contribution in [0.3, 0.4) is 0 Å². The number of rotatable bonds is 6. The summed E-state index contributed by atoms with van der Waals surface area (Å²) in [7, 11) is -0.680. The molecule has 1 aliphatic heterocycles. The van der Waals surface area contributed by atoms with E-state index in [-0.39, 0.29) is 10.6 Å². The van der Waals surface area contributed by atoms with Crippen LogP contribution < -0.4 is 9.47 Å². The Morgan fingerprint density at radius 2 is 1.64 bits per heavy atom. The van der Waals surface area contributed by atoms with Crippen molar-refractivity contribution >= 4 is 33.2 Å². The Hall–Kier alpha value is -1.51. The topological polar surface area (TPSA) is 59.1 Å². The maximum atomic E-state index is 13.1. The zero-order valence-corrected chi connectivity index (χ0v) is 18.0. The zero-order valence-electron chi connectivity index (χ0n) is 15.7. The molecule has 0 radical (unpaired) electrons. The van der Waals surface area contributed by atoms with Crippen molar-refractivity contribution in [1.82, 2.24) is 9.21 Å². The lowest BCUT2D eigenvalue weighted by Gasteiger charge is -2.34. The monoisotopic (exact) mass is 444 g/mol. The number of benzene rings is 2. The van der Waals surface area contributed by atoms with Gasteiger partial charge in [0, 0.05) is 38.8 Å². The molecular formula is C19H22Cl2N2O4S. The van der Waals surface area contributed by atoms with Crippen LogP contribution in [-0.2, 0) is 16.6 Å². The van der Waals surface area contributed by atoms with E-state index in [0.717, 1.165) is 5.56 Å². The van der Waals surface area contributed by atoms with Gasteiger partial charge in [0.25, 0.3) is 0 Å². The van der Waals surface area contributed by atoms with Gasteiger partial charge in [0.05, 0.1) is 24.3 Å². The normalized spacial score (nSPS) is 16.1. The average Bonchev–Trinajstić information content (AvgIpc) is 2.70. The van der Waals surface area contributed by atoms with E-state index in [2.05, 4.69) is 4.90 Å². The molecule has 0 N–H and O–H groups in total. The van der Waals surface area contributed by atoms with Crippen molar-refractivity contribution in [3.63, 3.8) is 0 Å². The van der Waals surface area contributed by atoms with Crippen molar-refractivity contribution < 1.29 is 17.9 Å². The minimum Gasteiger partial charge on any atom is -0.497 e. The minimum atomic E-state index is -3.65. The number of halogens is 2. The van der Waals surface area contributed by atoms with E-state index < -0.39 is 10.0 Å². The quantitative estimate of drug-likeness (QED) is 0.681. The van der Waals surface area contributed by atoms with Gasteiger partial charge in [0.15, 0.2) is 0 Å². The smallest absolute Gasteiger partial charge is 0.246 e. The van der Waals surface area contributed by atoms with E-state index in [1.165, 1.54) is 24.6 Å². The first-order chi connectivity index (χ1) is 13.3. The van der Waals surface area contributed by atoms with E-state index in [0.29, 0.717) is 48.5 Å². The maximum absolute atomic E-state index is 13.1. The van der Waals surface area contributed by atoms with Gasteiger partial charge in [0.2, 0.25) is 10.0 Å². The molecule has 3 rings (SSSR count). The average molecular weight is 445 g/mol. The summed E-state index contributed by atoms with van der Waals surface area (Å²) >= 11 is 12.0. The summed E-state index contributed by atoms with van der Waals surface area (Å²) in [6.07, 6.45) is 0. The van der Waals surface area contributed by atoms with Gasteiger partial charge < -0.3 is 9.47 Å². The third-order valence-corrected chi connectivity index (χ3v) is 7.39. The second-order valence-electron chi connectivity index (χ2n) is 6.45. The van der Waals surface area contributed by atoms with Gasteiger partial charge in [-0.15, -0.1) is 0 Å². The third-order valence-electron chi connectivity index (χ3n) is 4.71. The molecule has 1 saturated heterocycles. The molecule has 152 valence electrons. The lowest BCUT2D eigenvalue weighted by Crippen LogP contribution is -2.48. The Balaban J connectivity index is 1.69. The van der Waals surface area contributed by atoms with Gasteiger partial charge in [-0.3, -0.25) is 4.90 Å². The summed E-state index contributed by atoms with van der Waals surface area (Å²) in [6, 6.07) is 10.3. The lowest BCUT2D eigenvalue weighted by molar-refractivity contribution is 0.181. The van der Waals surface area contributed by atoms with E-state index in [4.69, 9.17) is 32.7 Å². The van der Waals surface area contributed by atoms with Crippen LogP contribution in [0.15, 0.2) is 41.3 Å². The second-order valence-corrected chi connectivity index (χ2v) is 9.17. The number of ether oxygens (including phenoxy) is 2. The third kappa shape index (κ3) is 4.55. The predicted molar refractivity (Wildman–Crippen MR) is 110 cm³/mol. The van der Waals surface area contributed by atoms with E-state index in [9.17, 15) is 8.42 Å². The Morgan fingerprint density at radius 3 is 2.25 bits per heavy atom. The van der Waals surface area contributed by atoms with E-state index in [1.807, 2.05) is 12.1 Å². The van der Waals surface area contributed by atoms with Crippen molar-refractivity contribution in [3.8, 4) is 11.5 Å². The molecule has 0 atom stereocenters. The summed E-state index contributed by atoms with van der Waals surface area (Å²) in [4.78, 5) is 2.34. The second kappa shape index (κ2) is 8.88. The number of hydrogen-bond acceptors (Lipinski definition) is 5. The van der Waals surface area contributed by atoms with Crippen LogP contribution in [0.25, 0.3) is 0 Å². The first kappa shape index (κ1) is 21.2. The van der Waals surface area contributed by atoms with Crippen LogP contribution in [-0.4, -0.2) is 58.0 Å². The fourth-order valence-corrected chi connectivity index (χ4v) is 5.03. The number of piperazine rings is 1. The lowest BCUT2D eigenvalue weighted by atomic mass is 10.2. The number of nitrogens with zero attached hydrogens (tertiary/aromatic N) is 2. The standard InChI is InChI=1S/C19H22Cl2N2O4S/c1-26-15-4-6-19(18(12-15)27-2)28(24,25)23-9-7-22(8-10-23)13-14-3-5-16(20)17(21)11-14/h3-6,11-12H,7-10,13H2,1-2H3. The molecule has 1 heterocycles. The molecule has 6 nitrogen and oxygen atoms in total. The van der Waals surface area contributed by atoms with Gasteiger partial charge in [-0.1, -0.05) is 29.3 Å². The molecule has 9 heteroatoms. The Morgan fingerprint density at radius 1 is 0.929 bits per heavy atom. The molecule has 28 heavy (non-hydrogen) atoms. The van der Waals surface area contributed by atoms with E-state index in [1.54, 1.807) is 18.2 Å². The van der Waals surface area contributed by atoms with Crippen LogP contribution in [0.1, 0.15) is 5.56 Å². The molecule has 0 unspecified atom stereocenters. The molecule has 2 aromatic carbocycles. The first-order valence-electron chi connectivity index (χ1n) is 8.73. The van der Waals surface area contributed by atoms with Crippen molar-refractivity contribution in [2.75, 3.05) is 40.4 Å². The maximum Gasteiger partial charge on any atom is 0.246 e. The van der Waals surface area contributed by atoms with Gasteiger partial charge in [-0.2, -0.15) is 4.31 Å². The van der Waals surface area contributed by atoms with E-state index >= 15 is 0 Å². The van der Waals surface area contributed by atoms with Crippen molar-refractivity contribution in [1.29, 1.82) is 0 Å². The van der Waals surface area contributed by atoms with Crippen LogP contribution in [0, 0.1) is 0 Å². The number of methoxy groups -OCH3 is 2. The van der Waals surface area contributed by atoms with Gasteiger partial charge >= 0.3 is 0 Å². The highest BCUT2D eigenvalue weighted by Gasteiger charge is 2.31. The molecule has 2 aromatic rings. The Kier molecular flexibility index (Phi) is 6.73. The fraction of sp³-hybridized carbons (Fsp3) is 0.368. The predicted octanol–water partition coefficient (Wildman–Crippen LogP) is 3.52. The highest BCUT2D eigenvalue weighted by Crippen LogP contribution is 2.31. The largest absolute Gasteiger partial charge is 0.497 e. The van der Waals surface area contributed by atoms with Crippen LogP contribution in [0.2, 0.25) is 10.0 Å². The van der Waals surface area contributed by atoms with Crippen molar-refractivity contribution in [3.05, 3.63) is 52.0 Å². The summed E-state index contributed by atoms with van der Waals surface area (Å²) in [6.45, 7) is 2.74. The summed E-state index contributed by atoms with van der Waals surface area (Å²) in [5, 5.41) is 1.04. The molecule has 0 aromatic heterocycles. The highest BCUT2D eigenvalue weighted by molar-refractivity contribution is 7.89. The molecule has 0 aliphatic carbocycles. The van der Waals surface area contributed by atoms with Gasteiger partial charge in [0.1, 0.15) is 16.4 Å². The minimum absolute atomic E-state index is 0.147. The molecule has 1 aliphatic rings. The van der Waals surface area contributed by atoms with Crippen LogP contribution >= 0.6 is 23.2 Å². The fourth-order valence-electron chi connectivity index (χ4n) is 3.15. The van der Waals surface area contributed by atoms with Gasteiger partial charge in [-0.05, 0) is 29.8 Å².